The summed E-state index contributed by atoms with van der Waals surface area (Å²) < 4.78 is 0. The zero-order chi connectivity index (χ0) is 9.90. The minimum absolute atomic E-state index is 0.0923. The van der Waals surface area contributed by atoms with E-state index in [9.17, 15) is 5.11 Å². The van der Waals surface area contributed by atoms with Crippen LogP contribution < -0.4 is 0 Å². The lowest BCUT2D eigenvalue weighted by atomic mass is 9.86. The molecule has 0 saturated carbocycles. The van der Waals surface area contributed by atoms with Crippen LogP contribution in [0.3, 0.4) is 0 Å². The van der Waals surface area contributed by atoms with E-state index in [1.165, 1.54) is 6.33 Å². The molecule has 0 amide bonds. The van der Waals surface area contributed by atoms with Crippen LogP contribution in [0.2, 0.25) is 0 Å². The Hall–Kier alpha value is -0.960. The lowest BCUT2D eigenvalue weighted by Gasteiger charge is -2.25. The maximum atomic E-state index is 9.78. The number of hydrogen-bond acceptors (Lipinski definition) is 3. The first kappa shape index (κ1) is 10.1. The van der Waals surface area contributed by atoms with Crippen LogP contribution in [0.25, 0.3) is 0 Å². The van der Waals surface area contributed by atoms with E-state index in [-0.39, 0.29) is 11.5 Å². The molecule has 3 nitrogen and oxygen atoms in total. The van der Waals surface area contributed by atoms with Gasteiger partial charge in [0.05, 0.1) is 6.10 Å². The van der Waals surface area contributed by atoms with Gasteiger partial charge >= 0.3 is 0 Å². The van der Waals surface area contributed by atoms with Crippen molar-refractivity contribution in [3.63, 3.8) is 0 Å². The molecule has 72 valence electrons. The molecule has 0 bridgehead atoms. The highest BCUT2D eigenvalue weighted by Gasteiger charge is 2.22. The Morgan fingerprint density at radius 3 is 2.62 bits per heavy atom. The maximum absolute atomic E-state index is 9.78. The molecule has 0 fully saturated rings. The highest BCUT2D eigenvalue weighted by molar-refractivity contribution is 5.00. The summed E-state index contributed by atoms with van der Waals surface area (Å²) in [5.41, 5.74) is 0.794. The van der Waals surface area contributed by atoms with Crippen LogP contribution in [0.15, 0.2) is 18.6 Å². The zero-order valence-electron chi connectivity index (χ0n) is 8.36. The maximum Gasteiger partial charge on any atom is 0.115 e. The topological polar surface area (TPSA) is 46.0 Å². The summed E-state index contributed by atoms with van der Waals surface area (Å²) in [5, 5.41) is 9.78. The van der Waals surface area contributed by atoms with Crippen molar-refractivity contribution in [3.05, 3.63) is 24.3 Å². The average Bonchev–Trinajstić information content (AvgIpc) is 2.04. The smallest absolute Gasteiger partial charge is 0.115 e. The zero-order valence-corrected chi connectivity index (χ0v) is 8.36. The lowest BCUT2D eigenvalue weighted by molar-refractivity contribution is 0.0627. The third-order valence-electron chi connectivity index (χ3n) is 2.05. The number of aliphatic hydroxyl groups excluding tert-OH is 1. The Balaban J connectivity index is 2.61. The normalized spacial score (nSPS) is 14.2. The van der Waals surface area contributed by atoms with Gasteiger partial charge in [0.1, 0.15) is 6.33 Å². The van der Waals surface area contributed by atoms with Gasteiger partial charge < -0.3 is 5.11 Å². The van der Waals surface area contributed by atoms with Crippen molar-refractivity contribution >= 4 is 0 Å². The Morgan fingerprint density at radius 2 is 2.15 bits per heavy atom. The van der Waals surface area contributed by atoms with Crippen molar-refractivity contribution in [2.75, 3.05) is 0 Å². The number of aromatic nitrogens is 2. The summed E-state index contributed by atoms with van der Waals surface area (Å²) >= 11 is 0. The fraction of sp³-hybridized carbons (Fsp3) is 0.600. The minimum atomic E-state index is -0.359. The van der Waals surface area contributed by atoms with E-state index in [4.69, 9.17) is 0 Å². The van der Waals surface area contributed by atoms with Gasteiger partial charge in [-0.05, 0) is 11.5 Å². The SMILES string of the molecule is CC(C)(C)C(O)Cc1ccncn1. The van der Waals surface area contributed by atoms with E-state index >= 15 is 0 Å². The van der Waals surface area contributed by atoms with Crippen LogP contribution >= 0.6 is 0 Å². The standard InChI is InChI=1S/C10H16N2O/c1-10(2,3)9(13)6-8-4-5-11-7-12-8/h4-5,7,9,13H,6H2,1-3H3. The van der Waals surface area contributed by atoms with Gasteiger partial charge in [-0.1, -0.05) is 20.8 Å². The van der Waals surface area contributed by atoms with Crippen LogP contribution in [0.5, 0.6) is 0 Å². The molecule has 1 unspecified atom stereocenters. The van der Waals surface area contributed by atoms with Gasteiger partial charge in [0.2, 0.25) is 0 Å². The molecule has 0 aliphatic carbocycles. The van der Waals surface area contributed by atoms with E-state index in [0.717, 1.165) is 5.69 Å². The van der Waals surface area contributed by atoms with Crippen LogP contribution in [0, 0.1) is 5.41 Å². The Morgan fingerprint density at radius 1 is 1.46 bits per heavy atom. The molecule has 1 aromatic rings. The summed E-state index contributed by atoms with van der Waals surface area (Å²) in [6, 6.07) is 1.83. The molecule has 0 aromatic carbocycles. The number of hydrogen-bond donors (Lipinski definition) is 1. The van der Waals surface area contributed by atoms with Crippen molar-refractivity contribution in [3.8, 4) is 0 Å². The Bertz CT molecular complexity index is 253. The molecule has 1 rings (SSSR count). The van der Waals surface area contributed by atoms with Gasteiger partial charge in [-0.2, -0.15) is 0 Å². The largest absolute Gasteiger partial charge is 0.392 e. The van der Waals surface area contributed by atoms with E-state index in [2.05, 4.69) is 9.97 Å². The fourth-order valence-corrected chi connectivity index (χ4v) is 0.943. The van der Waals surface area contributed by atoms with Crippen LogP contribution in [-0.2, 0) is 6.42 Å². The molecule has 3 heteroatoms. The van der Waals surface area contributed by atoms with Crippen LogP contribution in [0.4, 0.5) is 0 Å². The summed E-state index contributed by atoms with van der Waals surface area (Å²) in [6.45, 7) is 6.04. The molecule has 13 heavy (non-hydrogen) atoms. The minimum Gasteiger partial charge on any atom is -0.392 e. The summed E-state index contributed by atoms with van der Waals surface area (Å²) in [5.74, 6) is 0. The molecule has 0 saturated heterocycles. The molecular weight excluding hydrogens is 164 g/mol. The molecule has 0 spiro atoms. The molecule has 0 aliphatic heterocycles. The number of aliphatic hydroxyl groups is 1. The predicted molar refractivity (Wildman–Crippen MR) is 51.2 cm³/mol. The van der Waals surface area contributed by atoms with E-state index < -0.39 is 0 Å². The monoisotopic (exact) mass is 180 g/mol. The van der Waals surface area contributed by atoms with Crippen LogP contribution in [-0.4, -0.2) is 21.2 Å². The third kappa shape index (κ3) is 3.11. The second-order valence-electron chi connectivity index (χ2n) is 4.29. The molecule has 0 radical (unpaired) electrons. The molecule has 1 aromatic heterocycles. The molecule has 1 heterocycles. The van der Waals surface area contributed by atoms with Crippen molar-refractivity contribution < 1.29 is 5.11 Å². The van der Waals surface area contributed by atoms with Gasteiger partial charge in [0.15, 0.2) is 0 Å². The molecule has 1 N–H and O–H groups in total. The van der Waals surface area contributed by atoms with Gasteiger partial charge in [-0.3, -0.25) is 0 Å². The Labute approximate surface area is 78.9 Å². The fourth-order valence-electron chi connectivity index (χ4n) is 0.943. The number of nitrogens with zero attached hydrogens (tertiary/aromatic N) is 2. The summed E-state index contributed by atoms with van der Waals surface area (Å²) in [7, 11) is 0. The van der Waals surface area contributed by atoms with Crippen LogP contribution in [0.1, 0.15) is 26.5 Å². The summed E-state index contributed by atoms with van der Waals surface area (Å²) in [6.07, 6.45) is 3.43. The summed E-state index contributed by atoms with van der Waals surface area (Å²) in [4.78, 5) is 7.88. The average molecular weight is 180 g/mol. The van der Waals surface area contributed by atoms with Crippen molar-refractivity contribution in [1.82, 2.24) is 9.97 Å². The van der Waals surface area contributed by atoms with Crippen molar-refractivity contribution in [2.24, 2.45) is 5.41 Å². The van der Waals surface area contributed by atoms with Crippen molar-refractivity contribution in [1.29, 1.82) is 0 Å². The van der Waals surface area contributed by atoms with E-state index in [0.29, 0.717) is 6.42 Å². The first-order valence-corrected chi connectivity index (χ1v) is 4.43. The van der Waals surface area contributed by atoms with Crippen molar-refractivity contribution in [2.45, 2.75) is 33.3 Å². The second-order valence-corrected chi connectivity index (χ2v) is 4.29. The van der Waals surface area contributed by atoms with E-state index in [1.807, 2.05) is 26.8 Å². The van der Waals surface area contributed by atoms with Gasteiger partial charge in [-0.25, -0.2) is 9.97 Å². The molecular formula is C10H16N2O. The first-order chi connectivity index (χ1) is 6.00. The highest BCUT2D eigenvalue weighted by Crippen LogP contribution is 2.21. The quantitative estimate of drug-likeness (QED) is 0.748. The van der Waals surface area contributed by atoms with Gasteiger partial charge in [0.25, 0.3) is 0 Å². The van der Waals surface area contributed by atoms with Gasteiger partial charge in [0, 0.05) is 18.3 Å². The molecule has 0 aliphatic rings. The van der Waals surface area contributed by atoms with Gasteiger partial charge in [-0.15, -0.1) is 0 Å². The second kappa shape index (κ2) is 3.83. The number of rotatable bonds is 2. The Kier molecular flexibility index (Phi) is 2.98. The predicted octanol–water partition coefficient (Wildman–Crippen LogP) is 1.43. The third-order valence-corrected chi connectivity index (χ3v) is 2.05. The lowest BCUT2D eigenvalue weighted by Crippen LogP contribution is -2.28. The first-order valence-electron chi connectivity index (χ1n) is 4.43. The molecule has 1 atom stereocenters. The highest BCUT2D eigenvalue weighted by atomic mass is 16.3. The van der Waals surface area contributed by atoms with E-state index in [1.54, 1.807) is 6.20 Å².